The molecule has 0 radical (unpaired) electrons. The van der Waals surface area contributed by atoms with Gasteiger partial charge in [-0.25, -0.2) is 0 Å². The van der Waals surface area contributed by atoms with Gasteiger partial charge in [-0.15, -0.1) is 0 Å². The van der Waals surface area contributed by atoms with Crippen LogP contribution in [0.25, 0.3) is 0 Å². The normalized spacial score (nSPS) is 17.7. The second-order valence-corrected chi connectivity index (χ2v) is 2.62. The van der Waals surface area contributed by atoms with E-state index in [0.29, 0.717) is 0 Å². The van der Waals surface area contributed by atoms with Gasteiger partial charge in [0.05, 0.1) is 0 Å². The molecule has 2 heteroatoms. The molecule has 0 atom stereocenters. The van der Waals surface area contributed by atoms with Gasteiger partial charge in [0, 0.05) is 0 Å². The topological polar surface area (TPSA) is 49.9 Å². The Hall–Kier alpha value is -1.05. The lowest BCUT2D eigenvalue weighted by Crippen LogP contribution is -2.13. The van der Waals surface area contributed by atoms with Crippen molar-refractivity contribution >= 4 is 5.84 Å². The summed E-state index contributed by atoms with van der Waals surface area (Å²) < 4.78 is 0. The van der Waals surface area contributed by atoms with Crippen molar-refractivity contribution in [3.8, 4) is 0 Å². The summed E-state index contributed by atoms with van der Waals surface area (Å²) in [4.78, 5) is 0. The molecule has 0 saturated carbocycles. The molecule has 3 N–H and O–H groups in total. The van der Waals surface area contributed by atoms with Crippen molar-refractivity contribution in [1.29, 1.82) is 5.41 Å². The maximum absolute atomic E-state index is 7.13. The first-order valence-electron chi connectivity index (χ1n) is 3.41. The van der Waals surface area contributed by atoms with Crippen LogP contribution in [-0.2, 0) is 0 Å². The van der Waals surface area contributed by atoms with Crippen LogP contribution < -0.4 is 5.73 Å². The quantitative estimate of drug-likeness (QED) is 0.417. The molecular formula is C8H12N2. The zero-order valence-corrected chi connectivity index (χ0v) is 6.15. The molecule has 1 aliphatic carbocycles. The van der Waals surface area contributed by atoms with Crippen molar-refractivity contribution in [2.24, 2.45) is 5.73 Å². The predicted octanol–water partition coefficient (Wildman–Crippen LogP) is 1.59. The Morgan fingerprint density at radius 1 is 1.50 bits per heavy atom. The van der Waals surface area contributed by atoms with Crippen LogP contribution in [0.1, 0.15) is 19.8 Å². The summed E-state index contributed by atoms with van der Waals surface area (Å²) in [5.41, 5.74) is 7.63. The first-order valence-corrected chi connectivity index (χ1v) is 3.41. The van der Waals surface area contributed by atoms with Crippen LogP contribution in [-0.4, -0.2) is 5.84 Å². The van der Waals surface area contributed by atoms with Gasteiger partial charge in [0.2, 0.25) is 0 Å². The fraction of sp³-hybridized carbons (Fsp3) is 0.375. The molecule has 54 valence electrons. The smallest absolute Gasteiger partial charge is 0.118 e. The third kappa shape index (κ3) is 1.47. The molecule has 0 aromatic heterocycles. The van der Waals surface area contributed by atoms with Crippen LogP contribution in [0, 0.1) is 5.41 Å². The van der Waals surface area contributed by atoms with Gasteiger partial charge in [0.1, 0.15) is 5.84 Å². The lowest BCUT2D eigenvalue weighted by atomic mass is 9.99. The summed E-state index contributed by atoms with van der Waals surface area (Å²) in [7, 11) is 0. The molecule has 10 heavy (non-hydrogen) atoms. The molecule has 0 saturated heterocycles. The van der Waals surface area contributed by atoms with Gasteiger partial charge in [-0.1, -0.05) is 17.7 Å². The highest BCUT2D eigenvalue weighted by Gasteiger charge is 2.04. The number of nitrogens with two attached hydrogens (primary N) is 1. The zero-order chi connectivity index (χ0) is 7.56. The van der Waals surface area contributed by atoms with E-state index in [9.17, 15) is 0 Å². The van der Waals surface area contributed by atoms with Gasteiger partial charge >= 0.3 is 0 Å². The maximum atomic E-state index is 7.13. The van der Waals surface area contributed by atoms with Crippen LogP contribution in [0.15, 0.2) is 23.3 Å². The number of hydrogen-bond donors (Lipinski definition) is 2. The summed E-state index contributed by atoms with van der Waals surface area (Å²) in [6, 6.07) is 0. The van der Waals surface area contributed by atoms with Gasteiger partial charge in [0.15, 0.2) is 0 Å². The molecule has 0 fully saturated rings. The molecule has 0 bridgehead atoms. The SMILES string of the molecule is CC1=CC=C(C(=N)N)CC1. The molecule has 0 amide bonds. The first-order chi connectivity index (χ1) is 4.70. The molecule has 0 heterocycles. The minimum Gasteiger partial charge on any atom is -0.384 e. The van der Waals surface area contributed by atoms with E-state index >= 15 is 0 Å². The van der Waals surface area contributed by atoms with Crippen LogP contribution >= 0.6 is 0 Å². The second-order valence-electron chi connectivity index (χ2n) is 2.62. The maximum Gasteiger partial charge on any atom is 0.118 e. The molecule has 1 rings (SSSR count). The number of amidine groups is 1. The van der Waals surface area contributed by atoms with E-state index < -0.39 is 0 Å². The lowest BCUT2D eigenvalue weighted by molar-refractivity contribution is 0.933. The van der Waals surface area contributed by atoms with E-state index in [1.54, 1.807) is 0 Å². The van der Waals surface area contributed by atoms with Crippen molar-refractivity contribution < 1.29 is 0 Å². The predicted molar refractivity (Wildman–Crippen MR) is 43.0 cm³/mol. The molecule has 0 aliphatic heterocycles. The summed E-state index contributed by atoms with van der Waals surface area (Å²) in [6.07, 6.45) is 5.94. The average molecular weight is 136 g/mol. The van der Waals surface area contributed by atoms with E-state index in [0.717, 1.165) is 18.4 Å². The third-order valence-corrected chi connectivity index (χ3v) is 1.70. The molecule has 0 spiro atoms. The van der Waals surface area contributed by atoms with Crippen LogP contribution in [0.4, 0.5) is 0 Å². The summed E-state index contributed by atoms with van der Waals surface area (Å²) in [5, 5.41) is 7.13. The van der Waals surface area contributed by atoms with Crippen molar-refractivity contribution in [3.63, 3.8) is 0 Å². The summed E-state index contributed by atoms with van der Waals surface area (Å²) in [6.45, 7) is 2.09. The average Bonchev–Trinajstić information content (AvgIpc) is 1.88. The number of nitrogens with one attached hydrogen (secondary N) is 1. The first kappa shape index (κ1) is 7.06. The van der Waals surface area contributed by atoms with Crippen LogP contribution in [0.5, 0.6) is 0 Å². The van der Waals surface area contributed by atoms with Crippen LogP contribution in [0.2, 0.25) is 0 Å². The molecule has 0 unspecified atom stereocenters. The van der Waals surface area contributed by atoms with Gasteiger partial charge in [-0.05, 0) is 25.3 Å². The highest BCUT2D eigenvalue weighted by Crippen LogP contribution is 2.16. The number of allylic oxidation sites excluding steroid dienone is 3. The largest absolute Gasteiger partial charge is 0.384 e. The van der Waals surface area contributed by atoms with Crippen molar-refractivity contribution in [1.82, 2.24) is 0 Å². The van der Waals surface area contributed by atoms with E-state index in [1.807, 2.05) is 12.2 Å². The molecule has 0 aromatic rings. The third-order valence-electron chi connectivity index (χ3n) is 1.70. The van der Waals surface area contributed by atoms with Gasteiger partial charge in [-0.3, -0.25) is 5.41 Å². The Balaban J connectivity index is 2.74. The van der Waals surface area contributed by atoms with Gasteiger partial charge < -0.3 is 5.73 Å². The Morgan fingerprint density at radius 2 is 2.20 bits per heavy atom. The van der Waals surface area contributed by atoms with E-state index in [4.69, 9.17) is 11.1 Å². The molecule has 1 aliphatic rings. The Bertz CT molecular complexity index is 211. The number of rotatable bonds is 1. The van der Waals surface area contributed by atoms with Gasteiger partial charge in [-0.2, -0.15) is 0 Å². The standard InChI is InChI=1S/C8H12N2/c1-6-2-4-7(5-3-6)8(9)10/h2,4H,3,5H2,1H3,(H3,9,10). The highest BCUT2D eigenvalue weighted by molar-refractivity contribution is 5.94. The van der Waals surface area contributed by atoms with E-state index in [2.05, 4.69) is 6.92 Å². The van der Waals surface area contributed by atoms with Gasteiger partial charge in [0.25, 0.3) is 0 Å². The highest BCUT2D eigenvalue weighted by atomic mass is 14.7. The monoisotopic (exact) mass is 136 g/mol. The fourth-order valence-electron chi connectivity index (χ4n) is 0.966. The summed E-state index contributed by atoms with van der Waals surface area (Å²) >= 11 is 0. The zero-order valence-electron chi connectivity index (χ0n) is 6.15. The van der Waals surface area contributed by atoms with Crippen molar-refractivity contribution in [2.75, 3.05) is 0 Å². The Labute approximate surface area is 60.9 Å². The van der Waals surface area contributed by atoms with E-state index in [1.165, 1.54) is 5.57 Å². The van der Waals surface area contributed by atoms with Crippen LogP contribution in [0.3, 0.4) is 0 Å². The Morgan fingerprint density at radius 3 is 2.60 bits per heavy atom. The van der Waals surface area contributed by atoms with Crippen molar-refractivity contribution in [3.05, 3.63) is 23.3 Å². The minimum absolute atomic E-state index is 0.212. The van der Waals surface area contributed by atoms with Crippen molar-refractivity contribution in [2.45, 2.75) is 19.8 Å². The number of hydrogen-bond acceptors (Lipinski definition) is 1. The molecular weight excluding hydrogens is 124 g/mol. The minimum atomic E-state index is 0.212. The molecule has 2 nitrogen and oxygen atoms in total. The lowest BCUT2D eigenvalue weighted by Gasteiger charge is -2.09. The molecule has 0 aromatic carbocycles. The fourth-order valence-corrected chi connectivity index (χ4v) is 0.966. The van der Waals surface area contributed by atoms with E-state index in [-0.39, 0.29) is 5.84 Å². The summed E-state index contributed by atoms with van der Waals surface area (Å²) in [5.74, 6) is 0.212. The second kappa shape index (κ2) is 2.69. The Kier molecular flexibility index (Phi) is 1.90.